The maximum absolute atomic E-state index is 12.2. The van der Waals surface area contributed by atoms with Crippen LogP contribution in [0.2, 0.25) is 0 Å². The molecule has 0 unspecified atom stereocenters. The van der Waals surface area contributed by atoms with E-state index < -0.39 is 0 Å². The van der Waals surface area contributed by atoms with Crippen molar-refractivity contribution in [3.63, 3.8) is 0 Å². The minimum atomic E-state index is 0.725. The van der Waals surface area contributed by atoms with E-state index in [1.807, 2.05) is 0 Å². The number of halogens is 1. The van der Waals surface area contributed by atoms with Crippen LogP contribution in [0.1, 0.15) is 107 Å². The van der Waals surface area contributed by atoms with Gasteiger partial charge in [0.25, 0.3) is 0 Å². The lowest BCUT2D eigenvalue weighted by atomic mass is 9.74. The number of unbranched alkanes of at least 4 members (excludes halogenated alkanes) is 1. The van der Waals surface area contributed by atoms with Gasteiger partial charge in [-0.3, -0.25) is 0 Å². The number of rotatable bonds is 9. The van der Waals surface area contributed by atoms with Crippen molar-refractivity contribution in [2.75, 3.05) is 0 Å². The van der Waals surface area contributed by atoms with E-state index in [4.69, 9.17) is 0 Å². The molecule has 0 amide bonds. The fraction of sp³-hybridized carbons (Fsp3) is 0.704. The lowest BCUT2D eigenvalue weighted by molar-refractivity contribution is 0.231. The van der Waals surface area contributed by atoms with Gasteiger partial charge in [-0.2, -0.15) is 0 Å². The van der Waals surface area contributed by atoms with E-state index in [0.29, 0.717) is 0 Å². The van der Waals surface area contributed by atoms with E-state index in [1.165, 1.54) is 89.0 Å². The predicted octanol–water partition coefficient (Wildman–Crippen LogP) is 8.76. The summed E-state index contributed by atoms with van der Waals surface area (Å²) in [6.07, 6.45) is 21.1. The molecular formula is C27H41F. The summed E-state index contributed by atoms with van der Waals surface area (Å²) in [5, 5.41) is 0. The molecule has 0 radical (unpaired) electrons. The van der Waals surface area contributed by atoms with Crippen LogP contribution in [-0.4, -0.2) is 0 Å². The van der Waals surface area contributed by atoms with Gasteiger partial charge in [0.05, 0.1) is 6.33 Å². The maximum atomic E-state index is 12.2. The van der Waals surface area contributed by atoms with E-state index >= 15 is 0 Å². The zero-order valence-corrected chi connectivity index (χ0v) is 18.1. The normalized spacial score (nSPS) is 28.6. The lowest BCUT2D eigenvalue weighted by Crippen LogP contribution is -2.17. The van der Waals surface area contributed by atoms with Crippen molar-refractivity contribution < 1.29 is 4.39 Å². The van der Waals surface area contributed by atoms with Gasteiger partial charge in [-0.1, -0.05) is 69.4 Å². The van der Waals surface area contributed by atoms with Crippen LogP contribution in [0.15, 0.2) is 36.7 Å². The molecule has 1 heteroatoms. The summed E-state index contributed by atoms with van der Waals surface area (Å²) < 4.78 is 12.2. The number of benzene rings is 1. The van der Waals surface area contributed by atoms with Crippen molar-refractivity contribution in [3.8, 4) is 0 Å². The Kier molecular flexibility index (Phi) is 9.09. The van der Waals surface area contributed by atoms with Crippen LogP contribution in [0.25, 0.3) is 0 Å². The minimum Gasteiger partial charge on any atom is -0.216 e. The van der Waals surface area contributed by atoms with E-state index in [9.17, 15) is 4.39 Å². The summed E-state index contributed by atoms with van der Waals surface area (Å²) in [6.45, 7) is 2.27. The topological polar surface area (TPSA) is 0 Å². The van der Waals surface area contributed by atoms with Gasteiger partial charge in [0.1, 0.15) is 0 Å². The molecule has 2 aliphatic rings. The van der Waals surface area contributed by atoms with Gasteiger partial charge in [-0.15, -0.1) is 0 Å². The Bertz CT molecular complexity index is 556. The zero-order chi connectivity index (χ0) is 19.6. The molecule has 1 aromatic carbocycles. The molecule has 28 heavy (non-hydrogen) atoms. The smallest absolute Gasteiger partial charge is 0.0827 e. The number of hydrogen-bond donors (Lipinski definition) is 0. The van der Waals surface area contributed by atoms with Gasteiger partial charge < -0.3 is 0 Å². The first-order chi connectivity index (χ1) is 13.8. The van der Waals surface area contributed by atoms with Crippen molar-refractivity contribution in [3.05, 3.63) is 47.8 Å². The van der Waals surface area contributed by atoms with Gasteiger partial charge in [-0.25, -0.2) is 4.39 Å². The van der Waals surface area contributed by atoms with Crippen molar-refractivity contribution in [2.24, 2.45) is 17.8 Å². The summed E-state index contributed by atoms with van der Waals surface area (Å²) in [4.78, 5) is 0. The summed E-state index contributed by atoms with van der Waals surface area (Å²) in [5.74, 6) is 3.45. The Balaban J connectivity index is 1.33. The van der Waals surface area contributed by atoms with E-state index in [2.05, 4.69) is 31.2 Å². The highest BCUT2D eigenvalue weighted by molar-refractivity contribution is 5.26. The third kappa shape index (κ3) is 6.75. The van der Waals surface area contributed by atoms with E-state index in [-0.39, 0.29) is 0 Å². The van der Waals surface area contributed by atoms with Gasteiger partial charge in [-0.05, 0) is 92.6 Å². The van der Waals surface area contributed by atoms with Crippen LogP contribution < -0.4 is 0 Å². The molecule has 0 atom stereocenters. The van der Waals surface area contributed by atoms with Crippen LogP contribution in [0, 0.1) is 17.8 Å². The van der Waals surface area contributed by atoms with Crippen molar-refractivity contribution >= 4 is 0 Å². The fourth-order valence-corrected chi connectivity index (χ4v) is 5.59. The zero-order valence-electron chi connectivity index (χ0n) is 18.1. The average Bonchev–Trinajstić information content (AvgIpc) is 2.76. The first-order valence-corrected chi connectivity index (χ1v) is 12.1. The maximum Gasteiger partial charge on any atom is 0.0827 e. The van der Waals surface area contributed by atoms with Crippen LogP contribution in [0.4, 0.5) is 4.39 Å². The predicted molar refractivity (Wildman–Crippen MR) is 119 cm³/mol. The fourth-order valence-electron chi connectivity index (χ4n) is 5.59. The van der Waals surface area contributed by atoms with Crippen LogP contribution in [0.3, 0.4) is 0 Å². The SMILES string of the molecule is CCCCc1ccc([C@H]2CC[C@H](CC[C@H]3CC[C@H](CC=CF)CC3)CC2)cc1. The van der Waals surface area contributed by atoms with Gasteiger partial charge in [0.15, 0.2) is 0 Å². The summed E-state index contributed by atoms with van der Waals surface area (Å²) >= 11 is 0. The highest BCUT2D eigenvalue weighted by atomic mass is 19.1. The summed E-state index contributed by atoms with van der Waals surface area (Å²) in [5.41, 5.74) is 3.09. The quantitative estimate of drug-likeness (QED) is 0.399. The van der Waals surface area contributed by atoms with E-state index in [0.717, 1.165) is 36.4 Å². The Morgan fingerprint density at radius 2 is 1.39 bits per heavy atom. The molecule has 0 N–H and O–H groups in total. The third-order valence-corrected chi connectivity index (χ3v) is 7.62. The standard InChI is InChI=1S/C27H41F/c1-2-3-5-22-13-17-26(18-14-22)27-19-15-25(16-20-27)12-11-24-9-7-23(8-10-24)6-4-21-28/h4,13-14,17-18,21,23-25,27H,2-3,5-12,15-16,19-20H2,1H3/t23-,24-,25-,27-. The van der Waals surface area contributed by atoms with Crippen LogP contribution in [-0.2, 0) is 6.42 Å². The second kappa shape index (κ2) is 11.8. The highest BCUT2D eigenvalue weighted by Gasteiger charge is 2.25. The van der Waals surface area contributed by atoms with Gasteiger partial charge in [0.2, 0.25) is 0 Å². The molecule has 0 aromatic heterocycles. The molecule has 0 spiro atoms. The van der Waals surface area contributed by atoms with E-state index in [1.54, 1.807) is 11.6 Å². The molecule has 0 saturated heterocycles. The number of allylic oxidation sites excluding steroid dienone is 1. The van der Waals surface area contributed by atoms with Crippen molar-refractivity contribution in [2.45, 2.75) is 103 Å². The third-order valence-electron chi connectivity index (χ3n) is 7.62. The minimum absolute atomic E-state index is 0.725. The van der Waals surface area contributed by atoms with Crippen LogP contribution >= 0.6 is 0 Å². The Hall–Kier alpha value is -1.11. The van der Waals surface area contributed by atoms with Gasteiger partial charge in [0, 0.05) is 0 Å². The van der Waals surface area contributed by atoms with Crippen molar-refractivity contribution in [1.29, 1.82) is 0 Å². The molecule has 2 saturated carbocycles. The Labute approximate surface area is 173 Å². The molecule has 0 aliphatic heterocycles. The Morgan fingerprint density at radius 1 is 0.821 bits per heavy atom. The van der Waals surface area contributed by atoms with Crippen molar-refractivity contribution in [1.82, 2.24) is 0 Å². The highest BCUT2D eigenvalue weighted by Crippen LogP contribution is 2.40. The first kappa shape index (κ1) is 21.6. The second-order valence-electron chi connectivity index (χ2n) is 9.62. The summed E-state index contributed by atoms with van der Waals surface area (Å²) in [6, 6.07) is 9.56. The molecule has 156 valence electrons. The molecular weight excluding hydrogens is 343 g/mol. The first-order valence-electron chi connectivity index (χ1n) is 12.1. The number of hydrogen-bond acceptors (Lipinski definition) is 0. The Morgan fingerprint density at radius 3 is 1.96 bits per heavy atom. The van der Waals surface area contributed by atoms with Crippen LogP contribution in [0.5, 0.6) is 0 Å². The molecule has 0 heterocycles. The molecule has 2 fully saturated rings. The molecule has 2 aliphatic carbocycles. The average molecular weight is 385 g/mol. The molecule has 0 nitrogen and oxygen atoms in total. The van der Waals surface area contributed by atoms with Gasteiger partial charge >= 0.3 is 0 Å². The largest absolute Gasteiger partial charge is 0.216 e. The molecule has 3 rings (SSSR count). The monoisotopic (exact) mass is 384 g/mol. The molecule has 0 bridgehead atoms. The molecule has 1 aromatic rings. The number of aryl methyl sites for hydroxylation is 1. The lowest BCUT2D eigenvalue weighted by Gasteiger charge is -2.32. The summed E-state index contributed by atoms with van der Waals surface area (Å²) in [7, 11) is 0. The second-order valence-corrected chi connectivity index (χ2v) is 9.62.